The Morgan fingerprint density at radius 2 is 0.776 bits per heavy atom. The van der Waals surface area contributed by atoms with Crippen LogP contribution in [0.5, 0.6) is 0 Å². The molecule has 0 spiro atoms. The van der Waals surface area contributed by atoms with Gasteiger partial charge in [0.1, 0.15) is 0 Å². The third-order valence-corrected chi connectivity index (χ3v) is 13.0. The smallest absolute Gasteiger partial charge is 0.0955 e. The van der Waals surface area contributed by atoms with Crippen molar-refractivity contribution in [1.29, 1.82) is 0 Å². The van der Waals surface area contributed by atoms with E-state index in [1.807, 2.05) is 6.20 Å². The number of benzene rings is 9. The molecule has 0 saturated carbocycles. The molecule has 5 aromatic heterocycles. The van der Waals surface area contributed by atoms with E-state index >= 15 is 0 Å². The molecule has 14 aromatic rings. The molecule has 0 saturated heterocycles. The largest absolute Gasteiger partial charge is 0.309 e. The SMILES string of the molecule is c1ccc2c(c1)cc1c3c4ccccc4c4cc(-c5ccc6cc7c8c9ccccc9c9ccccc9c8c8ncccc8n7c6c5)ccc4c3c3ccccc3n21. The van der Waals surface area contributed by atoms with E-state index in [0.29, 0.717) is 0 Å². The number of para-hydroxylation sites is 2. The molecule has 0 unspecified atom stereocenters. The minimum absolute atomic E-state index is 1.02. The lowest BCUT2D eigenvalue weighted by molar-refractivity contribution is 1.31. The van der Waals surface area contributed by atoms with Crippen LogP contribution in [0.2, 0.25) is 0 Å². The van der Waals surface area contributed by atoms with Crippen molar-refractivity contribution < 1.29 is 0 Å². The van der Waals surface area contributed by atoms with Gasteiger partial charge < -0.3 is 8.80 Å². The molecule has 0 aliphatic heterocycles. The van der Waals surface area contributed by atoms with Gasteiger partial charge >= 0.3 is 0 Å². The van der Waals surface area contributed by atoms with Crippen LogP contribution >= 0.6 is 0 Å². The van der Waals surface area contributed by atoms with Crippen molar-refractivity contribution >= 4 is 119 Å². The Kier molecular flexibility index (Phi) is 5.76. The van der Waals surface area contributed by atoms with Crippen molar-refractivity contribution in [3.63, 3.8) is 0 Å². The van der Waals surface area contributed by atoms with Crippen LogP contribution in [-0.2, 0) is 0 Å². The van der Waals surface area contributed by atoms with Gasteiger partial charge in [-0.15, -0.1) is 0 Å². The van der Waals surface area contributed by atoms with Gasteiger partial charge in [0.2, 0.25) is 0 Å². The van der Waals surface area contributed by atoms with E-state index in [1.165, 1.54) is 120 Å². The Morgan fingerprint density at radius 1 is 0.276 bits per heavy atom. The first-order valence-corrected chi connectivity index (χ1v) is 20.0. The maximum atomic E-state index is 5.10. The van der Waals surface area contributed by atoms with Gasteiger partial charge in [-0.25, -0.2) is 0 Å². The van der Waals surface area contributed by atoms with Crippen LogP contribution in [0.3, 0.4) is 0 Å². The Bertz CT molecular complexity index is 4150. The predicted molar refractivity (Wildman–Crippen MR) is 247 cm³/mol. The van der Waals surface area contributed by atoms with E-state index in [9.17, 15) is 0 Å². The summed E-state index contributed by atoms with van der Waals surface area (Å²) in [6.45, 7) is 0. The first-order valence-electron chi connectivity index (χ1n) is 20.0. The number of nitrogens with zero attached hydrogens (tertiary/aromatic N) is 3. The van der Waals surface area contributed by atoms with Gasteiger partial charge in [0, 0.05) is 43.9 Å². The molecule has 3 heteroatoms. The fraction of sp³-hybridized carbons (Fsp3) is 0. The van der Waals surface area contributed by atoms with E-state index < -0.39 is 0 Å². The Hall–Kier alpha value is -7.75. The number of fused-ring (bicyclic) bond motifs is 26. The third-order valence-electron chi connectivity index (χ3n) is 13.0. The molecule has 0 amide bonds. The Morgan fingerprint density at radius 3 is 1.52 bits per heavy atom. The molecule has 0 N–H and O–H groups in total. The lowest BCUT2D eigenvalue weighted by atomic mass is 9.90. The number of hydrogen-bond donors (Lipinski definition) is 0. The number of pyridine rings is 3. The highest BCUT2D eigenvalue weighted by atomic mass is 14.9. The Labute approximate surface area is 331 Å². The fourth-order valence-electron chi connectivity index (χ4n) is 10.6. The normalized spacial score (nSPS) is 12.5. The number of rotatable bonds is 1. The standard InChI is InChI=1S/C55H31N3/c1-9-20-45-34(12-1)30-49-52-40-17-6-4-15-38(40)44-28-32(25-26-42(44)51(52)43-19-8-10-21-46(43)57(45)49)33-23-24-35-31-50-53-39-16-5-2-13-36(39)37-14-3-7-18-41(37)54(53)55-47(22-11-27-56-55)58(50)48(35)29-33/h1-31H. The zero-order valence-corrected chi connectivity index (χ0v) is 31.2. The van der Waals surface area contributed by atoms with Gasteiger partial charge in [-0.05, 0) is 103 Å². The van der Waals surface area contributed by atoms with Gasteiger partial charge in [-0.2, -0.15) is 0 Å². The second-order valence-corrected chi connectivity index (χ2v) is 15.8. The summed E-state index contributed by atoms with van der Waals surface area (Å²) in [4.78, 5) is 5.10. The molecule has 3 nitrogen and oxygen atoms in total. The maximum Gasteiger partial charge on any atom is 0.0955 e. The van der Waals surface area contributed by atoms with Crippen LogP contribution in [-0.4, -0.2) is 13.8 Å². The van der Waals surface area contributed by atoms with Crippen LogP contribution in [0, 0.1) is 0 Å². The van der Waals surface area contributed by atoms with Gasteiger partial charge in [-0.1, -0.05) is 133 Å². The second-order valence-electron chi connectivity index (χ2n) is 15.8. The Balaban J connectivity index is 1.09. The number of hydrogen-bond acceptors (Lipinski definition) is 1. The van der Waals surface area contributed by atoms with E-state index in [2.05, 4.69) is 191 Å². The van der Waals surface area contributed by atoms with Crippen LogP contribution < -0.4 is 0 Å². The topological polar surface area (TPSA) is 21.7 Å². The van der Waals surface area contributed by atoms with Gasteiger partial charge in [0.15, 0.2) is 0 Å². The lowest BCUT2D eigenvalue weighted by Gasteiger charge is -2.17. The highest BCUT2D eigenvalue weighted by Crippen LogP contribution is 2.46. The summed E-state index contributed by atoms with van der Waals surface area (Å²) in [6.07, 6.45) is 1.94. The molecule has 14 rings (SSSR count). The van der Waals surface area contributed by atoms with E-state index in [0.717, 1.165) is 11.0 Å². The summed E-state index contributed by atoms with van der Waals surface area (Å²) in [5, 5.41) is 18.9. The molecule has 0 bridgehead atoms. The van der Waals surface area contributed by atoms with Gasteiger partial charge in [-0.3, -0.25) is 4.98 Å². The van der Waals surface area contributed by atoms with E-state index in [1.54, 1.807) is 0 Å². The zero-order valence-electron chi connectivity index (χ0n) is 31.2. The molecule has 0 atom stereocenters. The van der Waals surface area contributed by atoms with Gasteiger partial charge in [0.25, 0.3) is 0 Å². The number of aromatic nitrogens is 3. The minimum atomic E-state index is 1.02. The maximum absolute atomic E-state index is 5.10. The highest BCUT2D eigenvalue weighted by Gasteiger charge is 2.21. The average Bonchev–Trinajstić information content (AvgIpc) is 3.88. The van der Waals surface area contributed by atoms with Crippen molar-refractivity contribution in [2.75, 3.05) is 0 Å². The molecule has 0 aliphatic carbocycles. The van der Waals surface area contributed by atoms with Crippen LogP contribution in [0.4, 0.5) is 0 Å². The average molecular weight is 734 g/mol. The molecule has 58 heavy (non-hydrogen) atoms. The van der Waals surface area contributed by atoms with Crippen molar-refractivity contribution in [3.05, 3.63) is 188 Å². The molecular formula is C55H31N3. The summed E-state index contributed by atoms with van der Waals surface area (Å²) in [6, 6.07) is 67.5. The van der Waals surface area contributed by atoms with Crippen molar-refractivity contribution in [3.8, 4) is 11.1 Å². The van der Waals surface area contributed by atoms with Crippen molar-refractivity contribution in [2.24, 2.45) is 0 Å². The first kappa shape index (κ1) is 30.5. The molecule has 0 aliphatic rings. The third kappa shape index (κ3) is 3.81. The summed E-state index contributed by atoms with van der Waals surface area (Å²) < 4.78 is 4.91. The zero-order chi connectivity index (χ0) is 37.6. The van der Waals surface area contributed by atoms with Crippen LogP contribution in [0.1, 0.15) is 0 Å². The molecule has 9 aromatic carbocycles. The molecule has 5 heterocycles. The second kappa shape index (κ2) is 11.0. The molecule has 0 fully saturated rings. The monoisotopic (exact) mass is 733 g/mol. The van der Waals surface area contributed by atoms with Crippen molar-refractivity contribution in [1.82, 2.24) is 13.8 Å². The van der Waals surface area contributed by atoms with Crippen LogP contribution in [0.15, 0.2) is 188 Å². The van der Waals surface area contributed by atoms with Crippen molar-refractivity contribution in [2.45, 2.75) is 0 Å². The van der Waals surface area contributed by atoms with E-state index in [4.69, 9.17) is 4.98 Å². The minimum Gasteiger partial charge on any atom is -0.309 e. The van der Waals surface area contributed by atoms with Gasteiger partial charge in [0.05, 0.1) is 38.6 Å². The predicted octanol–water partition coefficient (Wildman–Crippen LogP) is 14.8. The quantitative estimate of drug-likeness (QED) is 0.154. The summed E-state index contributed by atoms with van der Waals surface area (Å²) >= 11 is 0. The fourth-order valence-corrected chi connectivity index (χ4v) is 10.6. The summed E-state index contributed by atoms with van der Waals surface area (Å²) in [5.41, 5.74) is 10.6. The molecular weight excluding hydrogens is 703 g/mol. The van der Waals surface area contributed by atoms with Crippen LogP contribution in [0.25, 0.3) is 131 Å². The van der Waals surface area contributed by atoms with E-state index in [-0.39, 0.29) is 0 Å². The highest BCUT2D eigenvalue weighted by molar-refractivity contribution is 6.36. The lowest BCUT2D eigenvalue weighted by Crippen LogP contribution is -1.95. The first-order chi connectivity index (χ1) is 28.8. The molecule has 266 valence electrons. The summed E-state index contributed by atoms with van der Waals surface area (Å²) in [7, 11) is 0. The molecule has 0 radical (unpaired) electrons. The summed E-state index contributed by atoms with van der Waals surface area (Å²) in [5.74, 6) is 0.